The molecule has 16 heteroatoms. The molecular formula is C43H48K2N4O9S. The summed E-state index contributed by atoms with van der Waals surface area (Å²) in [6.07, 6.45) is 6.09. The van der Waals surface area contributed by atoms with Crippen molar-refractivity contribution in [2.75, 3.05) is 35.2 Å². The third kappa shape index (κ3) is 13.3. The van der Waals surface area contributed by atoms with Gasteiger partial charge in [-0.1, -0.05) is 49.4 Å². The molecule has 13 nitrogen and oxygen atoms in total. The maximum atomic E-state index is 13.9. The van der Waals surface area contributed by atoms with Gasteiger partial charge in [0.25, 0.3) is 11.8 Å². The van der Waals surface area contributed by atoms with Gasteiger partial charge >= 0.3 is 103 Å². The van der Waals surface area contributed by atoms with E-state index in [2.05, 4.69) is 15.5 Å². The zero-order valence-corrected chi connectivity index (χ0v) is 40.9. The monoisotopic (exact) mass is 874 g/mol. The molecule has 1 aliphatic heterocycles. The quantitative estimate of drug-likeness (QED) is 0.132. The SMILES string of the molecule is CCN(C1CCC(C(=O)[O-])CC1)S(=O)(=O)c1cccc(C(=O)Nc2ccc(N3CCCCC3)cc2C(=O)Nc2ccc(CCc3ccc(C(=O)[O-])cc3)cc2)c1.O.[K+].[K+]. The number of aliphatic carboxylic acids is 1. The molecule has 0 aromatic heterocycles. The van der Waals surface area contributed by atoms with E-state index in [0.29, 0.717) is 44.2 Å². The van der Waals surface area contributed by atoms with Gasteiger partial charge in [-0.3, -0.25) is 9.59 Å². The molecule has 302 valence electrons. The van der Waals surface area contributed by atoms with E-state index in [-0.39, 0.29) is 148 Å². The van der Waals surface area contributed by atoms with Crippen LogP contribution in [0.2, 0.25) is 0 Å². The van der Waals surface area contributed by atoms with E-state index in [1.54, 1.807) is 43.3 Å². The van der Waals surface area contributed by atoms with Crippen LogP contribution >= 0.6 is 0 Å². The third-order valence-electron chi connectivity index (χ3n) is 10.8. The van der Waals surface area contributed by atoms with Crippen LogP contribution in [0.5, 0.6) is 0 Å². The molecule has 0 unspecified atom stereocenters. The van der Waals surface area contributed by atoms with E-state index in [0.717, 1.165) is 49.2 Å². The zero-order valence-electron chi connectivity index (χ0n) is 33.9. The van der Waals surface area contributed by atoms with Crippen LogP contribution in [0.25, 0.3) is 0 Å². The first kappa shape index (κ1) is 51.1. The number of nitrogens with zero attached hydrogens (tertiary/aromatic N) is 2. The first-order valence-electron chi connectivity index (χ1n) is 19.2. The van der Waals surface area contributed by atoms with Gasteiger partial charge in [-0.15, -0.1) is 0 Å². The summed E-state index contributed by atoms with van der Waals surface area (Å²) in [6.45, 7) is 3.62. The van der Waals surface area contributed by atoms with Crippen molar-refractivity contribution in [3.63, 3.8) is 0 Å². The van der Waals surface area contributed by atoms with E-state index < -0.39 is 39.7 Å². The number of rotatable bonds is 14. The fourth-order valence-electron chi connectivity index (χ4n) is 7.58. The summed E-state index contributed by atoms with van der Waals surface area (Å²) in [6, 6.07) is 24.8. The standard InChI is InChI=1S/C43H48N4O8S.2K.H2O/c1-2-47(35-21-17-32(18-22-35)43(52)53)56(54,55)37-8-6-7-33(27-37)40(48)45-39-24-23-36(46-25-4-3-5-26-46)28-38(39)41(49)44-34-19-13-30(14-20-34)10-9-29-11-15-31(16-12-29)42(50)51;;;/h6-8,11-16,19-20,23-24,27-28,32,35H,2-5,9-10,17-18,21-22,25-26H2,1H3,(H,44,49)(H,45,48)(H,50,51)(H,52,53);;;1H2/q;2*+1;/p-2. The van der Waals surface area contributed by atoms with Crippen LogP contribution in [0, 0.1) is 5.92 Å². The number of nitrogens with one attached hydrogen (secondary N) is 2. The normalized spacial score (nSPS) is 16.4. The second-order valence-corrected chi connectivity index (χ2v) is 16.3. The number of benzene rings is 4. The van der Waals surface area contributed by atoms with E-state index in [1.807, 2.05) is 18.2 Å². The van der Waals surface area contributed by atoms with Crippen molar-refractivity contribution in [2.45, 2.75) is 75.6 Å². The van der Waals surface area contributed by atoms with Gasteiger partial charge in [-0.2, -0.15) is 4.31 Å². The van der Waals surface area contributed by atoms with Gasteiger partial charge < -0.3 is 40.8 Å². The van der Waals surface area contributed by atoms with Gasteiger partial charge in [-0.05, 0) is 129 Å². The minimum atomic E-state index is -4.02. The maximum absolute atomic E-state index is 13.9. The molecule has 1 saturated heterocycles. The number of carboxylic acids is 2. The van der Waals surface area contributed by atoms with Crippen LogP contribution in [0.1, 0.15) is 94.1 Å². The van der Waals surface area contributed by atoms with Gasteiger partial charge in [0.2, 0.25) is 10.0 Å². The first-order chi connectivity index (χ1) is 26.9. The molecule has 1 aliphatic carbocycles. The van der Waals surface area contributed by atoms with Crippen LogP contribution in [0.3, 0.4) is 0 Å². The molecule has 1 saturated carbocycles. The minimum absolute atomic E-state index is 0. The predicted octanol–water partition coefficient (Wildman–Crippen LogP) is -2.17. The predicted molar refractivity (Wildman–Crippen MR) is 213 cm³/mol. The van der Waals surface area contributed by atoms with Gasteiger partial charge in [0.05, 0.1) is 22.1 Å². The third-order valence-corrected chi connectivity index (χ3v) is 12.8. The summed E-state index contributed by atoms with van der Waals surface area (Å²) in [5.41, 5.74) is 4.18. The van der Waals surface area contributed by atoms with E-state index in [4.69, 9.17) is 0 Å². The largest absolute Gasteiger partial charge is 1.00 e. The van der Waals surface area contributed by atoms with E-state index in [1.165, 1.54) is 40.7 Å². The molecule has 0 spiro atoms. The fourth-order valence-corrected chi connectivity index (χ4v) is 9.32. The topological polar surface area (TPSA) is 211 Å². The molecule has 2 aliphatic rings. The van der Waals surface area contributed by atoms with Crippen molar-refractivity contribution in [1.82, 2.24) is 4.31 Å². The molecule has 6 rings (SSSR count). The molecule has 0 bridgehead atoms. The number of hydrogen-bond donors (Lipinski definition) is 2. The van der Waals surface area contributed by atoms with E-state index >= 15 is 0 Å². The van der Waals surface area contributed by atoms with Crippen molar-refractivity contribution >= 4 is 50.8 Å². The summed E-state index contributed by atoms with van der Waals surface area (Å²) in [5.74, 6) is -3.93. The molecule has 4 aromatic rings. The summed E-state index contributed by atoms with van der Waals surface area (Å²) < 4.78 is 29.1. The number of sulfonamides is 1. The van der Waals surface area contributed by atoms with Crippen molar-refractivity contribution in [3.05, 3.63) is 119 Å². The molecule has 2 fully saturated rings. The van der Waals surface area contributed by atoms with Crippen LogP contribution < -0.4 is 129 Å². The van der Waals surface area contributed by atoms with Crippen LogP contribution in [-0.4, -0.2) is 67.6 Å². The summed E-state index contributed by atoms with van der Waals surface area (Å²) in [4.78, 5) is 52.2. The minimum Gasteiger partial charge on any atom is -0.550 e. The molecule has 4 N–H and O–H groups in total. The maximum Gasteiger partial charge on any atom is 1.00 e. The van der Waals surface area contributed by atoms with Crippen molar-refractivity contribution in [1.29, 1.82) is 0 Å². The number of aryl methyl sites for hydroxylation is 2. The number of hydrogen-bond acceptors (Lipinski definition) is 9. The number of carbonyl (C=O) groups is 4. The first-order valence-corrected chi connectivity index (χ1v) is 20.6. The average molecular weight is 875 g/mol. The summed E-state index contributed by atoms with van der Waals surface area (Å²) in [5, 5.41) is 28.2. The average Bonchev–Trinajstić information content (AvgIpc) is 3.21. The van der Waals surface area contributed by atoms with Crippen LogP contribution in [0.4, 0.5) is 17.1 Å². The number of anilines is 3. The number of carbonyl (C=O) groups excluding carboxylic acids is 4. The Balaban J connectivity index is 0.00000310. The Morgan fingerprint density at radius 2 is 1.34 bits per heavy atom. The number of aromatic carboxylic acids is 1. The van der Waals surface area contributed by atoms with E-state index in [9.17, 15) is 37.8 Å². The number of carboxylic acid groups (broad SMARTS) is 2. The molecule has 4 aromatic carbocycles. The second kappa shape index (κ2) is 23.8. The zero-order chi connectivity index (χ0) is 39.8. The summed E-state index contributed by atoms with van der Waals surface area (Å²) in [7, 11) is -4.02. The Morgan fingerprint density at radius 1 is 0.729 bits per heavy atom. The Bertz CT molecular complexity index is 2170. The molecule has 0 radical (unpaired) electrons. The fraction of sp³-hybridized carbons (Fsp3) is 0.349. The Morgan fingerprint density at radius 3 is 1.92 bits per heavy atom. The van der Waals surface area contributed by atoms with Gasteiger partial charge in [-0.25, -0.2) is 8.42 Å². The molecule has 1 heterocycles. The Labute approximate surface area is 430 Å². The van der Waals surface area contributed by atoms with Crippen LogP contribution in [-0.2, 0) is 27.7 Å². The van der Waals surface area contributed by atoms with Gasteiger partial charge in [0.1, 0.15) is 0 Å². The molecular weight excluding hydrogens is 827 g/mol. The molecule has 2 amide bonds. The Kier molecular flexibility index (Phi) is 20.6. The second-order valence-electron chi connectivity index (χ2n) is 14.4. The number of piperidine rings is 1. The van der Waals surface area contributed by atoms with Gasteiger partial charge in [0, 0.05) is 48.6 Å². The van der Waals surface area contributed by atoms with Crippen LogP contribution in [0.15, 0.2) is 95.9 Å². The van der Waals surface area contributed by atoms with Gasteiger partial charge in [0.15, 0.2) is 0 Å². The molecule has 59 heavy (non-hydrogen) atoms. The van der Waals surface area contributed by atoms with Crippen molar-refractivity contribution in [2.24, 2.45) is 5.92 Å². The summed E-state index contributed by atoms with van der Waals surface area (Å²) >= 11 is 0. The van der Waals surface area contributed by atoms with Crippen molar-refractivity contribution < 1.29 is 146 Å². The van der Waals surface area contributed by atoms with Crippen molar-refractivity contribution in [3.8, 4) is 0 Å². The number of amides is 2. The Hall–Kier alpha value is -2.30. The smallest absolute Gasteiger partial charge is 0.550 e. The molecule has 0 atom stereocenters.